The molecule has 0 aromatic heterocycles. The van der Waals surface area contributed by atoms with Crippen LogP contribution in [-0.2, 0) is 6.42 Å². The standard InChI is InChI=1S/C14H20O2/c1-5-10(2)15-12-8-6-7-11-9-14(3,4)16-13(11)12/h6-8,10H,5,9H2,1-4H3. The van der Waals surface area contributed by atoms with Crippen LogP contribution < -0.4 is 9.47 Å². The van der Waals surface area contributed by atoms with Crippen molar-refractivity contribution in [2.75, 3.05) is 0 Å². The molecular weight excluding hydrogens is 200 g/mol. The second kappa shape index (κ2) is 4.00. The van der Waals surface area contributed by atoms with Gasteiger partial charge < -0.3 is 9.47 Å². The Balaban J connectivity index is 2.26. The molecule has 88 valence electrons. The highest BCUT2D eigenvalue weighted by Crippen LogP contribution is 2.42. The van der Waals surface area contributed by atoms with Gasteiger partial charge in [-0.05, 0) is 33.3 Å². The highest BCUT2D eigenvalue weighted by atomic mass is 16.5. The van der Waals surface area contributed by atoms with Crippen molar-refractivity contribution in [2.45, 2.75) is 52.2 Å². The molecule has 2 nitrogen and oxygen atoms in total. The minimum Gasteiger partial charge on any atom is -0.487 e. The Kier molecular flexibility index (Phi) is 2.83. The smallest absolute Gasteiger partial charge is 0.165 e. The van der Waals surface area contributed by atoms with E-state index in [4.69, 9.17) is 9.47 Å². The van der Waals surface area contributed by atoms with Gasteiger partial charge in [0.15, 0.2) is 11.5 Å². The van der Waals surface area contributed by atoms with E-state index in [9.17, 15) is 0 Å². The van der Waals surface area contributed by atoms with E-state index in [0.717, 1.165) is 24.3 Å². The summed E-state index contributed by atoms with van der Waals surface area (Å²) in [6, 6.07) is 6.15. The van der Waals surface area contributed by atoms with E-state index in [-0.39, 0.29) is 11.7 Å². The van der Waals surface area contributed by atoms with Crippen molar-refractivity contribution in [3.05, 3.63) is 23.8 Å². The van der Waals surface area contributed by atoms with Crippen molar-refractivity contribution in [3.8, 4) is 11.5 Å². The monoisotopic (exact) mass is 220 g/mol. The average molecular weight is 220 g/mol. The van der Waals surface area contributed by atoms with Gasteiger partial charge in [-0.15, -0.1) is 0 Å². The van der Waals surface area contributed by atoms with E-state index in [2.05, 4.69) is 33.8 Å². The zero-order valence-electron chi connectivity index (χ0n) is 10.5. The van der Waals surface area contributed by atoms with Crippen molar-refractivity contribution in [2.24, 2.45) is 0 Å². The van der Waals surface area contributed by atoms with Crippen LogP contribution >= 0.6 is 0 Å². The van der Waals surface area contributed by atoms with Crippen LogP contribution in [0.5, 0.6) is 11.5 Å². The molecule has 1 aromatic carbocycles. The number of para-hydroxylation sites is 1. The fourth-order valence-corrected chi connectivity index (χ4v) is 1.98. The number of rotatable bonds is 3. The third-order valence-corrected chi connectivity index (χ3v) is 2.96. The lowest BCUT2D eigenvalue weighted by Gasteiger charge is -2.19. The summed E-state index contributed by atoms with van der Waals surface area (Å²) < 4.78 is 11.8. The molecule has 0 saturated heterocycles. The van der Waals surface area contributed by atoms with E-state index in [0.29, 0.717) is 0 Å². The molecule has 1 aliphatic heterocycles. The van der Waals surface area contributed by atoms with E-state index >= 15 is 0 Å². The van der Waals surface area contributed by atoms with Crippen LogP contribution in [0.4, 0.5) is 0 Å². The van der Waals surface area contributed by atoms with Crippen LogP contribution in [0.25, 0.3) is 0 Å². The minimum absolute atomic E-state index is 0.1000. The van der Waals surface area contributed by atoms with Gasteiger partial charge in [0.25, 0.3) is 0 Å². The predicted octanol–water partition coefficient (Wildman–Crippen LogP) is 3.58. The van der Waals surface area contributed by atoms with Gasteiger partial charge in [-0.3, -0.25) is 0 Å². The molecule has 0 fully saturated rings. The van der Waals surface area contributed by atoms with Crippen LogP contribution in [0.3, 0.4) is 0 Å². The molecule has 1 unspecified atom stereocenters. The van der Waals surface area contributed by atoms with Crippen molar-refractivity contribution < 1.29 is 9.47 Å². The van der Waals surface area contributed by atoms with Gasteiger partial charge in [0, 0.05) is 12.0 Å². The molecule has 0 spiro atoms. The second-order valence-electron chi connectivity index (χ2n) is 5.12. The molecule has 2 rings (SSSR count). The molecule has 1 aliphatic rings. The molecular formula is C14H20O2. The fraction of sp³-hybridized carbons (Fsp3) is 0.571. The number of hydrogen-bond acceptors (Lipinski definition) is 2. The van der Waals surface area contributed by atoms with Gasteiger partial charge in [-0.2, -0.15) is 0 Å². The normalized spacial score (nSPS) is 18.8. The molecule has 1 atom stereocenters. The van der Waals surface area contributed by atoms with Crippen molar-refractivity contribution in [3.63, 3.8) is 0 Å². The molecule has 16 heavy (non-hydrogen) atoms. The van der Waals surface area contributed by atoms with Gasteiger partial charge in [0.2, 0.25) is 0 Å². The van der Waals surface area contributed by atoms with Gasteiger partial charge in [-0.1, -0.05) is 19.1 Å². The molecule has 0 radical (unpaired) electrons. The summed E-state index contributed by atoms with van der Waals surface area (Å²) in [5, 5.41) is 0. The largest absolute Gasteiger partial charge is 0.487 e. The number of ether oxygens (including phenoxy) is 2. The molecule has 1 heterocycles. The predicted molar refractivity (Wildman–Crippen MR) is 65.2 cm³/mol. The van der Waals surface area contributed by atoms with Crippen LogP contribution in [-0.4, -0.2) is 11.7 Å². The molecule has 2 heteroatoms. The summed E-state index contributed by atoms with van der Waals surface area (Å²) in [6.07, 6.45) is 2.20. The molecule has 0 bridgehead atoms. The van der Waals surface area contributed by atoms with Crippen molar-refractivity contribution in [1.29, 1.82) is 0 Å². The third kappa shape index (κ3) is 2.16. The van der Waals surface area contributed by atoms with E-state index < -0.39 is 0 Å². The number of fused-ring (bicyclic) bond motifs is 1. The quantitative estimate of drug-likeness (QED) is 0.775. The number of benzene rings is 1. The van der Waals surface area contributed by atoms with Gasteiger partial charge in [-0.25, -0.2) is 0 Å². The van der Waals surface area contributed by atoms with Crippen LogP contribution in [0.15, 0.2) is 18.2 Å². The minimum atomic E-state index is -0.1000. The Labute approximate surface area is 97.6 Å². The van der Waals surface area contributed by atoms with Gasteiger partial charge in [0.1, 0.15) is 5.60 Å². The Morgan fingerprint density at radius 1 is 1.44 bits per heavy atom. The van der Waals surface area contributed by atoms with Gasteiger partial charge >= 0.3 is 0 Å². The number of hydrogen-bond donors (Lipinski definition) is 0. The molecule has 0 N–H and O–H groups in total. The summed E-state index contributed by atoms with van der Waals surface area (Å²) in [6.45, 7) is 8.43. The van der Waals surface area contributed by atoms with Crippen LogP contribution in [0.1, 0.15) is 39.7 Å². The first-order valence-corrected chi connectivity index (χ1v) is 5.99. The topological polar surface area (TPSA) is 18.5 Å². The van der Waals surface area contributed by atoms with Crippen molar-refractivity contribution >= 4 is 0 Å². The van der Waals surface area contributed by atoms with E-state index in [1.807, 2.05) is 12.1 Å². The summed E-state index contributed by atoms with van der Waals surface area (Å²) in [5.41, 5.74) is 1.16. The maximum Gasteiger partial charge on any atom is 0.165 e. The lowest BCUT2D eigenvalue weighted by Crippen LogP contribution is -2.24. The summed E-state index contributed by atoms with van der Waals surface area (Å²) in [7, 11) is 0. The maximum absolute atomic E-state index is 5.95. The summed E-state index contributed by atoms with van der Waals surface area (Å²) in [5.74, 6) is 1.82. The zero-order chi connectivity index (χ0) is 11.8. The highest BCUT2D eigenvalue weighted by molar-refractivity contribution is 5.50. The Hall–Kier alpha value is -1.18. The lowest BCUT2D eigenvalue weighted by molar-refractivity contribution is 0.126. The van der Waals surface area contributed by atoms with Crippen LogP contribution in [0, 0.1) is 0 Å². The van der Waals surface area contributed by atoms with E-state index in [1.165, 1.54) is 5.56 Å². The zero-order valence-corrected chi connectivity index (χ0v) is 10.5. The first-order valence-electron chi connectivity index (χ1n) is 5.99. The first kappa shape index (κ1) is 11.3. The third-order valence-electron chi connectivity index (χ3n) is 2.96. The van der Waals surface area contributed by atoms with E-state index in [1.54, 1.807) is 0 Å². The molecule has 1 aromatic rings. The summed E-state index contributed by atoms with van der Waals surface area (Å²) in [4.78, 5) is 0. The summed E-state index contributed by atoms with van der Waals surface area (Å²) >= 11 is 0. The SMILES string of the molecule is CCC(C)Oc1cccc2c1OC(C)(C)C2. The Morgan fingerprint density at radius 3 is 2.88 bits per heavy atom. The van der Waals surface area contributed by atoms with Crippen LogP contribution in [0.2, 0.25) is 0 Å². The molecule has 0 aliphatic carbocycles. The second-order valence-corrected chi connectivity index (χ2v) is 5.12. The molecule has 0 saturated carbocycles. The highest BCUT2D eigenvalue weighted by Gasteiger charge is 2.32. The van der Waals surface area contributed by atoms with Gasteiger partial charge in [0.05, 0.1) is 6.10 Å². The average Bonchev–Trinajstić information content (AvgIpc) is 2.53. The Morgan fingerprint density at radius 2 is 2.19 bits per heavy atom. The first-order chi connectivity index (χ1) is 7.52. The fourth-order valence-electron chi connectivity index (χ4n) is 1.98. The maximum atomic E-state index is 5.95. The Bertz CT molecular complexity index is 382. The lowest BCUT2D eigenvalue weighted by atomic mass is 10.0. The molecule has 0 amide bonds. The van der Waals surface area contributed by atoms with Crippen molar-refractivity contribution in [1.82, 2.24) is 0 Å².